The fraction of sp³-hybridized carbons (Fsp3) is 0.333. The van der Waals surface area contributed by atoms with Gasteiger partial charge in [-0.3, -0.25) is 9.36 Å². The Morgan fingerprint density at radius 1 is 1.48 bits per heavy atom. The number of hydrogen-bond acceptors (Lipinski definition) is 4. The van der Waals surface area contributed by atoms with Gasteiger partial charge >= 0.3 is 0 Å². The second-order valence-corrected chi connectivity index (χ2v) is 6.00. The van der Waals surface area contributed by atoms with Crippen LogP contribution in [-0.4, -0.2) is 29.0 Å². The van der Waals surface area contributed by atoms with Gasteiger partial charge in [-0.05, 0) is 18.6 Å². The van der Waals surface area contributed by atoms with Crippen LogP contribution >= 0.6 is 23.4 Å². The number of benzene rings is 1. The van der Waals surface area contributed by atoms with Gasteiger partial charge in [-0.1, -0.05) is 42.1 Å². The van der Waals surface area contributed by atoms with Crippen molar-refractivity contribution in [2.45, 2.75) is 18.1 Å². The lowest BCUT2D eigenvalue weighted by molar-refractivity contribution is 0.189. The number of para-hydroxylation sites is 1. The van der Waals surface area contributed by atoms with Crippen molar-refractivity contribution in [1.82, 2.24) is 9.55 Å². The highest BCUT2D eigenvalue weighted by Gasteiger charge is 2.11. The van der Waals surface area contributed by atoms with E-state index in [-0.39, 0.29) is 5.56 Å². The quantitative estimate of drug-likeness (QED) is 0.445. The second kappa shape index (κ2) is 7.64. The summed E-state index contributed by atoms with van der Waals surface area (Å²) in [7, 11) is 1.65. The van der Waals surface area contributed by atoms with Crippen molar-refractivity contribution < 1.29 is 4.74 Å². The largest absolute Gasteiger partial charge is 0.385 e. The molecule has 2 rings (SSSR count). The minimum atomic E-state index is -0.0283. The molecule has 0 saturated carbocycles. The normalized spacial score (nSPS) is 11.0. The molecule has 1 aromatic heterocycles. The van der Waals surface area contributed by atoms with Crippen molar-refractivity contribution in [3.63, 3.8) is 0 Å². The molecule has 0 fully saturated rings. The van der Waals surface area contributed by atoms with Crippen LogP contribution in [0.5, 0.6) is 0 Å². The van der Waals surface area contributed by atoms with E-state index in [4.69, 9.17) is 16.3 Å². The van der Waals surface area contributed by atoms with E-state index in [1.807, 2.05) is 18.2 Å². The minimum absolute atomic E-state index is 0.0283. The summed E-state index contributed by atoms with van der Waals surface area (Å²) in [6.07, 6.45) is 0.756. The van der Waals surface area contributed by atoms with E-state index < -0.39 is 0 Å². The molecule has 6 heteroatoms. The maximum atomic E-state index is 12.6. The molecule has 0 spiro atoms. The number of hydrogen-bond donors (Lipinski definition) is 0. The van der Waals surface area contributed by atoms with Crippen molar-refractivity contribution in [2.75, 3.05) is 19.5 Å². The second-order valence-electron chi connectivity index (χ2n) is 4.52. The zero-order chi connectivity index (χ0) is 15.2. The van der Waals surface area contributed by atoms with Gasteiger partial charge in [0.15, 0.2) is 5.16 Å². The third-order valence-electron chi connectivity index (χ3n) is 2.91. The summed E-state index contributed by atoms with van der Waals surface area (Å²) in [5, 5.41) is 1.83. The molecule has 0 aliphatic rings. The Bertz CT molecular complexity index is 700. The van der Waals surface area contributed by atoms with Gasteiger partial charge in [-0.15, -0.1) is 0 Å². The highest BCUT2D eigenvalue weighted by atomic mass is 35.5. The predicted octanol–water partition coefficient (Wildman–Crippen LogP) is 3.28. The van der Waals surface area contributed by atoms with E-state index in [1.54, 1.807) is 17.7 Å². The van der Waals surface area contributed by atoms with Crippen molar-refractivity contribution in [3.05, 3.63) is 46.2 Å². The number of ether oxygens (including phenoxy) is 1. The van der Waals surface area contributed by atoms with Crippen LogP contribution in [0, 0.1) is 0 Å². The summed E-state index contributed by atoms with van der Waals surface area (Å²) in [5.74, 6) is 0.524. The SMILES string of the molecule is C=C(Cl)CSc1nc2ccccc2c(=O)n1CCCOC. The number of rotatable bonds is 7. The Hall–Kier alpha value is -1.30. The first-order chi connectivity index (χ1) is 10.1. The van der Waals surface area contributed by atoms with Crippen LogP contribution in [0.15, 0.2) is 45.8 Å². The third-order valence-corrected chi connectivity index (χ3v) is 4.27. The summed E-state index contributed by atoms with van der Waals surface area (Å²) in [4.78, 5) is 17.2. The van der Waals surface area contributed by atoms with Gasteiger partial charge in [-0.25, -0.2) is 4.98 Å². The lowest BCUT2D eigenvalue weighted by Gasteiger charge is -2.12. The molecular weight excluding hydrogens is 308 g/mol. The Kier molecular flexibility index (Phi) is 5.85. The molecule has 4 nitrogen and oxygen atoms in total. The highest BCUT2D eigenvalue weighted by molar-refractivity contribution is 7.99. The molecular formula is C15H17ClN2O2S. The third kappa shape index (κ3) is 4.09. The average Bonchev–Trinajstić information content (AvgIpc) is 2.48. The number of fused-ring (bicyclic) bond motifs is 1. The molecule has 2 aromatic rings. The van der Waals surface area contributed by atoms with E-state index in [2.05, 4.69) is 11.6 Å². The van der Waals surface area contributed by atoms with Gasteiger partial charge < -0.3 is 4.74 Å². The summed E-state index contributed by atoms with van der Waals surface area (Å²) < 4.78 is 6.74. The predicted molar refractivity (Wildman–Crippen MR) is 88.2 cm³/mol. The van der Waals surface area contributed by atoms with Gasteiger partial charge in [0.25, 0.3) is 5.56 Å². The van der Waals surface area contributed by atoms with Crippen LogP contribution in [0.1, 0.15) is 6.42 Å². The van der Waals surface area contributed by atoms with Crippen molar-refractivity contribution >= 4 is 34.3 Å². The molecule has 0 atom stereocenters. The van der Waals surface area contributed by atoms with Gasteiger partial charge in [0, 0.05) is 31.0 Å². The topological polar surface area (TPSA) is 44.1 Å². The van der Waals surface area contributed by atoms with Crippen molar-refractivity contribution in [3.8, 4) is 0 Å². The number of methoxy groups -OCH3 is 1. The zero-order valence-corrected chi connectivity index (χ0v) is 13.4. The number of thioether (sulfide) groups is 1. The average molecular weight is 325 g/mol. The van der Waals surface area contributed by atoms with Gasteiger partial charge in [0.05, 0.1) is 10.9 Å². The van der Waals surface area contributed by atoms with Crippen molar-refractivity contribution in [1.29, 1.82) is 0 Å². The monoisotopic (exact) mass is 324 g/mol. The highest BCUT2D eigenvalue weighted by Crippen LogP contribution is 2.21. The molecule has 0 N–H and O–H groups in total. The van der Waals surface area contributed by atoms with E-state index in [0.29, 0.717) is 40.0 Å². The van der Waals surface area contributed by atoms with Crippen LogP contribution in [-0.2, 0) is 11.3 Å². The number of halogens is 1. The molecule has 21 heavy (non-hydrogen) atoms. The Morgan fingerprint density at radius 2 is 2.24 bits per heavy atom. The smallest absolute Gasteiger partial charge is 0.262 e. The molecule has 0 aliphatic carbocycles. The maximum absolute atomic E-state index is 12.6. The van der Waals surface area contributed by atoms with E-state index in [0.717, 1.165) is 6.42 Å². The summed E-state index contributed by atoms with van der Waals surface area (Å²) in [6, 6.07) is 7.36. The Morgan fingerprint density at radius 3 is 2.95 bits per heavy atom. The van der Waals surface area contributed by atoms with E-state index in [1.165, 1.54) is 11.8 Å². The zero-order valence-electron chi connectivity index (χ0n) is 11.8. The van der Waals surface area contributed by atoms with Crippen LogP contribution < -0.4 is 5.56 Å². The molecule has 0 bridgehead atoms. The number of aromatic nitrogens is 2. The van der Waals surface area contributed by atoms with Crippen LogP contribution in [0.4, 0.5) is 0 Å². The lowest BCUT2D eigenvalue weighted by Crippen LogP contribution is -2.24. The van der Waals surface area contributed by atoms with Gasteiger partial charge in [-0.2, -0.15) is 0 Å². The molecule has 0 unspecified atom stereocenters. The molecule has 1 aromatic carbocycles. The standard InChI is InChI=1S/C15H17ClN2O2S/c1-11(16)10-21-15-17-13-7-4-3-6-12(13)14(19)18(15)8-5-9-20-2/h3-4,6-7H,1,5,8-10H2,2H3. The molecule has 0 aliphatic heterocycles. The van der Waals surface area contributed by atoms with E-state index in [9.17, 15) is 4.79 Å². The van der Waals surface area contributed by atoms with Crippen LogP contribution in [0.25, 0.3) is 10.9 Å². The molecule has 0 amide bonds. The minimum Gasteiger partial charge on any atom is -0.385 e. The molecule has 0 radical (unpaired) electrons. The van der Waals surface area contributed by atoms with E-state index >= 15 is 0 Å². The summed E-state index contributed by atoms with van der Waals surface area (Å²) in [5.41, 5.74) is 0.674. The summed E-state index contributed by atoms with van der Waals surface area (Å²) in [6.45, 7) is 4.84. The van der Waals surface area contributed by atoms with Crippen LogP contribution in [0.2, 0.25) is 0 Å². The first kappa shape index (κ1) is 16.1. The van der Waals surface area contributed by atoms with Gasteiger partial charge in [0.1, 0.15) is 0 Å². The van der Waals surface area contributed by atoms with Crippen LogP contribution in [0.3, 0.4) is 0 Å². The Labute approximate surface area is 132 Å². The maximum Gasteiger partial charge on any atom is 0.262 e. The van der Waals surface area contributed by atoms with Crippen molar-refractivity contribution in [2.24, 2.45) is 0 Å². The molecule has 112 valence electrons. The fourth-order valence-electron chi connectivity index (χ4n) is 1.96. The first-order valence-corrected chi connectivity index (χ1v) is 7.94. The summed E-state index contributed by atoms with van der Waals surface area (Å²) >= 11 is 7.24. The molecule has 0 saturated heterocycles. The Balaban J connectivity index is 2.43. The first-order valence-electron chi connectivity index (χ1n) is 6.58. The fourth-order valence-corrected chi connectivity index (χ4v) is 2.91. The lowest BCUT2D eigenvalue weighted by atomic mass is 10.2. The number of nitrogens with zero attached hydrogens (tertiary/aromatic N) is 2. The molecule has 1 heterocycles. The van der Waals surface area contributed by atoms with Gasteiger partial charge in [0.2, 0.25) is 0 Å².